The van der Waals surface area contributed by atoms with E-state index >= 15 is 0 Å². The van der Waals surface area contributed by atoms with Crippen molar-refractivity contribution in [2.24, 2.45) is 5.92 Å². The number of fused-ring (bicyclic) bond motifs is 1. The van der Waals surface area contributed by atoms with E-state index in [0.29, 0.717) is 32.5 Å². The Balaban J connectivity index is 1.67. The Morgan fingerprint density at radius 3 is 3.00 bits per heavy atom. The second-order valence-corrected chi connectivity index (χ2v) is 6.39. The molecule has 2 N–H and O–H groups in total. The van der Waals surface area contributed by atoms with Gasteiger partial charge in [0.15, 0.2) is 0 Å². The number of benzene rings is 1. The van der Waals surface area contributed by atoms with Gasteiger partial charge in [-0.25, -0.2) is 0 Å². The summed E-state index contributed by atoms with van der Waals surface area (Å²) in [4.78, 5) is 23.5. The summed E-state index contributed by atoms with van der Waals surface area (Å²) in [5.74, 6) is 1.49. The van der Waals surface area contributed by atoms with Crippen molar-refractivity contribution < 1.29 is 19.1 Å². The Morgan fingerprint density at radius 2 is 2.29 bits per heavy atom. The molecule has 0 aromatic heterocycles. The highest BCUT2D eigenvalue weighted by molar-refractivity contribution is 5.83. The quantitative estimate of drug-likeness (QED) is 0.858. The summed E-state index contributed by atoms with van der Waals surface area (Å²) >= 11 is 0. The standard InChI is InChI=1S/C18H24N2O4/c1-3-23-15-7-13-6-11(2)24-16(13)8-14(15)10-20-18(22)12-4-5-17(21)19-9-12/h7-8,11-12H,3-6,9-10H2,1-2H3,(H,19,21)(H,20,22)/t11-,12+/m0/s1. The van der Waals surface area contributed by atoms with E-state index in [4.69, 9.17) is 9.47 Å². The highest BCUT2D eigenvalue weighted by Gasteiger charge is 2.25. The molecule has 0 bridgehead atoms. The van der Waals surface area contributed by atoms with E-state index in [9.17, 15) is 9.59 Å². The summed E-state index contributed by atoms with van der Waals surface area (Å²) in [6.45, 7) is 5.36. The maximum atomic E-state index is 12.3. The molecule has 2 amide bonds. The average Bonchev–Trinajstić information content (AvgIpc) is 2.92. The van der Waals surface area contributed by atoms with Crippen LogP contribution in [0.4, 0.5) is 0 Å². The van der Waals surface area contributed by atoms with E-state index in [1.165, 1.54) is 0 Å². The molecule has 3 rings (SSSR count). The molecule has 1 fully saturated rings. The first-order valence-electron chi connectivity index (χ1n) is 8.56. The van der Waals surface area contributed by atoms with Gasteiger partial charge in [-0.05, 0) is 32.4 Å². The summed E-state index contributed by atoms with van der Waals surface area (Å²) < 4.78 is 11.5. The maximum absolute atomic E-state index is 12.3. The third-order valence-corrected chi connectivity index (χ3v) is 4.47. The zero-order valence-electron chi connectivity index (χ0n) is 14.2. The highest BCUT2D eigenvalue weighted by Crippen LogP contribution is 2.35. The third-order valence-electron chi connectivity index (χ3n) is 4.47. The van der Waals surface area contributed by atoms with E-state index in [0.717, 1.165) is 29.0 Å². The van der Waals surface area contributed by atoms with Crippen LogP contribution < -0.4 is 20.1 Å². The Bertz CT molecular complexity index is 634. The van der Waals surface area contributed by atoms with Crippen LogP contribution in [0, 0.1) is 5.92 Å². The number of rotatable bonds is 5. The van der Waals surface area contributed by atoms with Crippen molar-refractivity contribution in [2.75, 3.05) is 13.2 Å². The first kappa shape index (κ1) is 16.6. The molecule has 24 heavy (non-hydrogen) atoms. The van der Waals surface area contributed by atoms with Crippen LogP contribution in [-0.2, 0) is 22.6 Å². The summed E-state index contributed by atoms with van der Waals surface area (Å²) in [5, 5.41) is 5.70. The average molecular weight is 332 g/mol. The number of ether oxygens (including phenoxy) is 2. The molecular formula is C18H24N2O4. The van der Waals surface area contributed by atoms with Gasteiger partial charge in [0.1, 0.15) is 17.6 Å². The highest BCUT2D eigenvalue weighted by atomic mass is 16.5. The summed E-state index contributed by atoms with van der Waals surface area (Å²) in [6.07, 6.45) is 2.06. The fourth-order valence-electron chi connectivity index (χ4n) is 3.19. The minimum absolute atomic E-state index is 0.0163. The van der Waals surface area contributed by atoms with Gasteiger partial charge < -0.3 is 20.1 Å². The molecule has 1 aromatic carbocycles. The van der Waals surface area contributed by atoms with Gasteiger partial charge in [0, 0.05) is 37.1 Å². The molecule has 0 radical (unpaired) electrons. The lowest BCUT2D eigenvalue weighted by Crippen LogP contribution is -2.42. The largest absolute Gasteiger partial charge is 0.494 e. The number of nitrogens with one attached hydrogen (secondary N) is 2. The van der Waals surface area contributed by atoms with Crippen molar-refractivity contribution in [3.63, 3.8) is 0 Å². The van der Waals surface area contributed by atoms with Crippen LogP contribution in [-0.4, -0.2) is 31.1 Å². The molecule has 2 heterocycles. The van der Waals surface area contributed by atoms with E-state index in [1.54, 1.807) is 0 Å². The predicted molar refractivity (Wildman–Crippen MR) is 89.0 cm³/mol. The van der Waals surface area contributed by atoms with Gasteiger partial charge in [-0.15, -0.1) is 0 Å². The second-order valence-electron chi connectivity index (χ2n) is 6.39. The van der Waals surface area contributed by atoms with E-state index in [2.05, 4.69) is 10.6 Å². The Kier molecular flexibility index (Phi) is 4.92. The van der Waals surface area contributed by atoms with E-state index < -0.39 is 0 Å². The van der Waals surface area contributed by atoms with Gasteiger partial charge in [-0.2, -0.15) is 0 Å². The molecule has 6 nitrogen and oxygen atoms in total. The van der Waals surface area contributed by atoms with Crippen LogP contribution in [0.2, 0.25) is 0 Å². The normalized spacial score (nSPS) is 22.3. The lowest BCUT2D eigenvalue weighted by Gasteiger charge is -2.22. The first-order valence-corrected chi connectivity index (χ1v) is 8.56. The van der Waals surface area contributed by atoms with Gasteiger partial charge in [0.25, 0.3) is 0 Å². The molecule has 0 aliphatic carbocycles. The molecule has 2 aliphatic heterocycles. The smallest absolute Gasteiger partial charge is 0.225 e. The number of hydrogen-bond acceptors (Lipinski definition) is 4. The monoisotopic (exact) mass is 332 g/mol. The Morgan fingerprint density at radius 1 is 1.46 bits per heavy atom. The summed E-state index contributed by atoms with van der Waals surface area (Å²) in [6, 6.07) is 3.98. The fraction of sp³-hybridized carbons (Fsp3) is 0.556. The van der Waals surface area contributed by atoms with Gasteiger partial charge in [-0.1, -0.05) is 0 Å². The summed E-state index contributed by atoms with van der Waals surface area (Å²) in [5.41, 5.74) is 2.06. The van der Waals surface area contributed by atoms with Crippen molar-refractivity contribution in [1.82, 2.24) is 10.6 Å². The molecule has 1 saturated heterocycles. The van der Waals surface area contributed by atoms with Crippen LogP contribution in [0.5, 0.6) is 11.5 Å². The van der Waals surface area contributed by atoms with Crippen LogP contribution >= 0.6 is 0 Å². The van der Waals surface area contributed by atoms with Crippen LogP contribution in [0.1, 0.15) is 37.8 Å². The lowest BCUT2D eigenvalue weighted by molar-refractivity contribution is -0.129. The van der Waals surface area contributed by atoms with Crippen molar-refractivity contribution in [2.45, 2.75) is 45.8 Å². The topological polar surface area (TPSA) is 76.7 Å². The molecule has 1 aromatic rings. The number of carbonyl (C=O) groups excluding carboxylic acids is 2. The number of carbonyl (C=O) groups is 2. The second kappa shape index (κ2) is 7.11. The summed E-state index contributed by atoms with van der Waals surface area (Å²) in [7, 11) is 0. The van der Waals surface area contributed by atoms with Crippen LogP contribution in [0.3, 0.4) is 0 Å². The Labute approximate surface area is 141 Å². The zero-order chi connectivity index (χ0) is 17.1. The molecule has 2 atom stereocenters. The molecule has 0 spiro atoms. The van der Waals surface area contributed by atoms with Crippen LogP contribution in [0.15, 0.2) is 12.1 Å². The zero-order valence-corrected chi connectivity index (χ0v) is 14.2. The molecule has 0 saturated carbocycles. The fourth-order valence-corrected chi connectivity index (χ4v) is 3.19. The van der Waals surface area contributed by atoms with Crippen molar-refractivity contribution in [1.29, 1.82) is 0 Å². The van der Waals surface area contributed by atoms with Crippen molar-refractivity contribution in [3.05, 3.63) is 23.3 Å². The molecule has 130 valence electrons. The molecular weight excluding hydrogens is 308 g/mol. The van der Waals surface area contributed by atoms with E-state index in [-0.39, 0.29) is 23.8 Å². The van der Waals surface area contributed by atoms with Crippen molar-refractivity contribution in [3.8, 4) is 11.5 Å². The van der Waals surface area contributed by atoms with E-state index in [1.807, 2.05) is 26.0 Å². The third kappa shape index (κ3) is 3.63. The minimum Gasteiger partial charge on any atom is -0.494 e. The van der Waals surface area contributed by atoms with Gasteiger partial charge >= 0.3 is 0 Å². The molecule has 0 unspecified atom stereocenters. The Hall–Kier alpha value is -2.24. The predicted octanol–water partition coefficient (Wildman–Crippen LogP) is 1.55. The number of hydrogen-bond donors (Lipinski definition) is 2. The van der Waals surface area contributed by atoms with Gasteiger partial charge in [-0.3, -0.25) is 9.59 Å². The number of piperidine rings is 1. The SMILES string of the molecule is CCOc1cc2c(cc1CNC(=O)[C@@H]1CCC(=O)NC1)O[C@@H](C)C2. The molecule has 2 aliphatic rings. The molecule has 6 heteroatoms. The first-order chi connectivity index (χ1) is 11.6. The van der Waals surface area contributed by atoms with Gasteiger partial charge in [0.2, 0.25) is 11.8 Å². The lowest BCUT2D eigenvalue weighted by atomic mass is 9.98. The van der Waals surface area contributed by atoms with Gasteiger partial charge in [0.05, 0.1) is 12.5 Å². The van der Waals surface area contributed by atoms with Crippen LogP contribution in [0.25, 0.3) is 0 Å². The minimum atomic E-state index is -0.163. The van der Waals surface area contributed by atoms with Crippen molar-refractivity contribution >= 4 is 11.8 Å². The maximum Gasteiger partial charge on any atom is 0.225 e. The number of amides is 2.